The molecule has 0 saturated carbocycles. The second kappa shape index (κ2) is 8.76. The van der Waals surface area contributed by atoms with Gasteiger partial charge >= 0.3 is 5.97 Å². The first-order valence-corrected chi connectivity index (χ1v) is 11.3. The highest BCUT2D eigenvalue weighted by molar-refractivity contribution is 7.80. The molecule has 7 heteroatoms. The number of anilines is 1. The molecule has 5 rings (SSSR count). The second-order valence-electron chi connectivity index (χ2n) is 8.43. The SMILES string of the molecule is Cc1cc(C)cc(N2C(=S)N[C@@H](c3ccccn3)[C@@H]2c2ccc(-c3cccc(C(=O)O)c3)o2)c1. The van der Waals surface area contributed by atoms with Gasteiger partial charge in [0, 0.05) is 17.4 Å². The Labute approximate surface area is 202 Å². The summed E-state index contributed by atoms with van der Waals surface area (Å²) < 4.78 is 6.34. The largest absolute Gasteiger partial charge is 0.478 e. The minimum atomic E-state index is -0.977. The molecule has 1 saturated heterocycles. The van der Waals surface area contributed by atoms with Crippen molar-refractivity contribution in [1.29, 1.82) is 0 Å². The number of aromatic nitrogens is 1. The number of pyridine rings is 1. The van der Waals surface area contributed by atoms with Crippen molar-refractivity contribution in [3.63, 3.8) is 0 Å². The number of aryl methyl sites for hydroxylation is 2. The van der Waals surface area contributed by atoms with Crippen LogP contribution in [0.5, 0.6) is 0 Å². The lowest BCUT2D eigenvalue weighted by Crippen LogP contribution is -2.29. The fraction of sp³-hybridized carbons (Fsp3) is 0.148. The zero-order chi connectivity index (χ0) is 23.8. The first-order valence-electron chi connectivity index (χ1n) is 10.9. The number of aromatic carboxylic acids is 1. The van der Waals surface area contributed by atoms with Gasteiger partial charge in [-0.1, -0.05) is 24.3 Å². The molecule has 3 heterocycles. The van der Waals surface area contributed by atoms with Crippen LogP contribution >= 0.6 is 12.2 Å². The molecule has 2 N–H and O–H groups in total. The molecule has 2 aromatic heterocycles. The van der Waals surface area contributed by atoms with Gasteiger partial charge < -0.3 is 19.7 Å². The fourth-order valence-corrected chi connectivity index (χ4v) is 4.83. The Morgan fingerprint density at radius 2 is 1.82 bits per heavy atom. The van der Waals surface area contributed by atoms with Crippen molar-refractivity contribution in [2.75, 3.05) is 4.90 Å². The third-order valence-corrected chi connectivity index (χ3v) is 6.21. The van der Waals surface area contributed by atoms with Crippen LogP contribution < -0.4 is 10.2 Å². The summed E-state index contributed by atoms with van der Waals surface area (Å²) in [5.41, 5.74) is 5.03. The van der Waals surface area contributed by atoms with E-state index in [4.69, 9.17) is 16.6 Å². The van der Waals surface area contributed by atoms with Gasteiger partial charge in [-0.15, -0.1) is 0 Å². The van der Waals surface area contributed by atoms with Crippen molar-refractivity contribution in [2.24, 2.45) is 0 Å². The smallest absolute Gasteiger partial charge is 0.335 e. The van der Waals surface area contributed by atoms with Gasteiger partial charge in [-0.2, -0.15) is 0 Å². The standard InChI is InChI=1S/C27H23N3O3S/c1-16-12-17(2)14-20(13-16)30-25(24(29-27(30)34)21-8-3-4-11-28-21)23-10-9-22(33-23)18-6-5-7-19(15-18)26(31)32/h3-15,24-25H,1-2H3,(H,29,34)(H,31,32)/t24-,25-/m0/s1. The predicted octanol–water partition coefficient (Wildman–Crippen LogP) is 5.83. The third-order valence-electron chi connectivity index (χ3n) is 5.90. The molecule has 0 unspecified atom stereocenters. The molecule has 1 aliphatic heterocycles. The quantitative estimate of drug-likeness (QED) is 0.356. The van der Waals surface area contributed by atoms with Gasteiger partial charge in [-0.3, -0.25) is 4.98 Å². The number of furan rings is 1. The van der Waals surface area contributed by atoms with Gasteiger partial charge in [0.25, 0.3) is 0 Å². The fourth-order valence-electron chi connectivity index (χ4n) is 4.48. The Bertz CT molecular complexity index is 1360. The lowest BCUT2D eigenvalue weighted by molar-refractivity contribution is 0.0697. The number of rotatable bonds is 5. The third kappa shape index (κ3) is 4.06. The van der Waals surface area contributed by atoms with Crippen LogP contribution in [0.15, 0.2) is 83.4 Å². The van der Waals surface area contributed by atoms with Gasteiger partial charge in [0.15, 0.2) is 5.11 Å². The summed E-state index contributed by atoms with van der Waals surface area (Å²) in [7, 11) is 0. The van der Waals surface area contributed by atoms with Crippen LogP contribution in [-0.2, 0) is 0 Å². The van der Waals surface area contributed by atoms with E-state index in [0.717, 1.165) is 22.5 Å². The Balaban J connectivity index is 1.61. The van der Waals surface area contributed by atoms with Gasteiger partial charge in [0.1, 0.15) is 17.6 Å². The maximum atomic E-state index is 11.4. The summed E-state index contributed by atoms with van der Waals surface area (Å²) in [6.45, 7) is 4.13. The first kappa shape index (κ1) is 21.9. The molecule has 6 nitrogen and oxygen atoms in total. The number of carboxylic acid groups (broad SMARTS) is 1. The van der Waals surface area contributed by atoms with Crippen LogP contribution in [0.2, 0.25) is 0 Å². The van der Waals surface area contributed by atoms with Crippen LogP contribution in [0.25, 0.3) is 11.3 Å². The molecule has 0 radical (unpaired) electrons. The van der Waals surface area contributed by atoms with Crippen molar-refractivity contribution in [3.8, 4) is 11.3 Å². The normalized spacial score (nSPS) is 17.6. The molecule has 0 aliphatic carbocycles. The number of nitrogens with one attached hydrogen (secondary N) is 1. The Hall–Kier alpha value is -3.97. The monoisotopic (exact) mass is 469 g/mol. The molecule has 0 bridgehead atoms. The van der Waals surface area contributed by atoms with E-state index in [0.29, 0.717) is 22.2 Å². The van der Waals surface area contributed by atoms with E-state index in [1.54, 1.807) is 24.4 Å². The van der Waals surface area contributed by atoms with E-state index in [-0.39, 0.29) is 17.6 Å². The van der Waals surface area contributed by atoms with Crippen molar-refractivity contribution in [1.82, 2.24) is 10.3 Å². The van der Waals surface area contributed by atoms with Crippen LogP contribution in [0.3, 0.4) is 0 Å². The van der Waals surface area contributed by atoms with Gasteiger partial charge in [-0.25, -0.2) is 4.79 Å². The van der Waals surface area contributed by atoms with E-state index in [2.05, 4.69) is 47.2 Å². The zero-order valence-corrected chi connectivity index (χ0v) is 19.5. The lowest BCUT2D eigenvalue weighted by atomic mass is 10.0. The van der Waals surface area contributed by atoms with Crippen molar-refractivity contribution < 1.29 is 14.3 Å². The van der Waals surface area contributed by atoms with Gasteiger partial charge in [-0.05, 0) is 85.7 Å². The molecule has 4 aromatic rings. The van der Waals surface area contributed by atoms with Crippen molar-refractivity contribution in [2.45, 2.75) is 25.9 Å². The maximum Gasteiger partial charge on any atom is 0.335 e. The van der Waals surface area contributed by atoms with Crippen molar-refractivity contribution >= 4 is 29.0 Å². The number of carboxylic acids is 1. The van der Waals surface area contributed by atoms with E-state index >= 15 is 0 Å². The summed E-state index contributed by atoms with van der Waals surface area (Å²) in [6.07, 6.45) is 1.77. The summed E-state index contributed by atoms with van der Waals surface area (Å²) in [6, 6.07) is 22.2. The first-order chi connectivity index (χ1) is 16.4. The van der Waals surface area contributed by atoms with Crippen LogP contribution in [0.1, 0.15) is 45.0 Å². The van der Waals surface area contributed by atoms with E-state index in [9.17, 15) is 9.90 Å². The molecule has 2 atom stereocenters. The Kier molecular flexibility index (Phi) is 5.63. The molecule has 2 aromatic carbocycles. The van der Waals surface area contributed by atoms with Crippen LogP contribution in [-0.4, -0.2) is 21.2 Å². The summed E-state index contributed by atoms with van der Waals surface area (Å²) in [5, 5.41) is 13.4. The molecular formula is C27H23N3O3S. The van der Waals surface area contributed by atoms with E-state index < -0.39 is 5.97 Å². The highest BCUT2D eigenvalue weighted by atomic mass is 32.1. The number of thiocarbonyl (C=S) groups is 1. The number of hydrogen-bond donors (Lipinski definition) is 2. The highest BCUT2D eigenvalue weighted by Gasteiger charge is 2.42. The molecule has 1 fully saturated rings. The molecule has 170 valence electrons. The average molecular weight is 470 g/mol. The summed E-state index contributed by atoms with van der Waals surface area (Å²) in [5.74, 6) is 0.323. The molecule has 0 spiro atoms. The average Bonchev–Trinajstić information content (AvgIpc) is 3.43. The predicted molar refractivity (Wildman–Crippen MR) is 135 cm³/mol. The summed E-state index contributed by atoms with van der Waals surface area (Å²) in [4.78, 5) is 18.1. The number of carbonyl (C=O) groups is 1. The number of hydrogen-bond acceptors (Lipinski definition) is 4. The molecular weight excluding hydrogens is 446 g/mol. The number of benzene rings is 2. The van der Waals surface area contributed by atoms with Crippen LogP contribution in [0.4, 0.5) is 5.69 Å². The van der Waals surface area contributed by atoms with Gasteiger partial charge in [0.05, 0.1) is 17.3 Å². The Morgan fingerprint density at radius 1 is 1.03 bits per heavy atom. The number of nitrogens with zero attached hydrogens (tertiary/aromatic N) is 2. The molecule has 34 heavy (non-hydrogen) atoms. The zero-order valence-electron chi connectivity index (χ0n) is 18.7. The maximum absolute atomic E-state index is 11.4. The Morgan fingerprint density at radius 3 is 2.53 bits per heavy atom. The van der Waals surface area contributed by atoms with Crippen molar-refractivity contribution in [3.05, 3.63) is 107 Å². The van der Waals surface area contributed by atoms with E-state index in [1.165, 1.54) is 0 Å². The highest BCUT2D eigenvalue weighted by Crippen LogP contribution is 2.43. The second-order valence-corrected chi connectivity index (χ2v) is 8.82. The lowest BCUT2D eigenvalue weighted by Gasteiger charge is -2.26. The molecule has 1 aliphatic rings. The van der Waals surface area contributed by atoms with E-state index in [1.807, 2.05) is 36.4 Å². The minimum Gasteiger partial charge on any atom is -0.478 e. The van der Waals surface area contributed by atoms with Crippen LogP contribution in [0, 0.1) is 13.8 Å². The van der Waals surface area contributed by atoms with Gasteiger partial charge in [0.2, 0.25) is 0 Å². The summed E-state index contributed by atoms with van der Waals surface area (Å²) >= 11 is 5.79. The molecule has 0 amide bonds. The minimum absolute atomic E-state index is 0.211. The topological polar surface area (TPSA) is 78.6 Å².